The number of likely N-dealkylation sites (tertiary alicyclic amines) is 1. The van der Waals surface area contributed by atoms with E-state index in [-0.39, 0.29) is 60.3 Å². The number of aromatic nitrogens is 2. The van der Waals surface area contributed by atoms with Gasteiger partial charge in [0.15, 0.2) is 0 Å². The van der Waals surface area contributed by atoms with Gasteiger partial charge in [-0.2, -0.15) is 0 Å². The number of rotatable bonds is 31. The lowest BCUT2D eigenvalue weighted by Gasteiger charge is -2.41. The largest absolute Gasteiger partial charge is 0.445 e. The number of methoxy groups -OCH3 is 2. The molecule has 0 saturated carbocycles. The zero-order valence-corrected chi connectivity index (χ0v) is 47.6. The predicted octanol–water partition coefficient (Wildman–Crippen LogP) is 8.64. The molecule has 5 amide bonds. The SMILES string of the molecule is CCC(C)C(C(CC(=O)N1CCC[C@H]1C(OC)C(C)C(=O)NC(Cc1ccccc1)c1nnc(-c2ccccc2)o1)OC)N(C)C(=O)C(NC(=O)C(C(C)C)N(C)CCCCCCNC(=O)OCc1ccccc1)C(C)C. The normalized spacial score (nSPS) is 16.8. The number of benzene rings is 3. The molecule has 0 bridgehead atoms. The Morgan fingerprint density at radius 1 is 0.766 bits per heavy atom. The van der Waals surface area contributed by atoms with Crippen molar-refractivity contribution in [2.24, 2.45) is 23.7 Å². The number of unbranched alkanes of at least 4 members (excludes halogenated alkanes) is 3. The van der Waals surface area contributed by atoms with E-state index in [2.05, 4.69) is 38.0 Å². The molecule has 3 N–H and O–H groups in total. The molecule has 1 fully saturated rings. The first kappa shape index (κ1) is 61.7. The Morgan fingerprint density at radius 3 is 2.01 bits per heavy atom. The Morgan fingerprint density at radius 2 is 1.40 bits per heavy atom. The van der Waals surface area contributed by atoms with Gasteiger partial charge in [-0.05, 0) is 80.3 Å². The van der Waals surface area contributed by atoms with Gasteiger partial charge in [0, 0.05) is 46.3 Å². The maximum atomic E-state index is 14.7. The van der Waals surface area contributed by atoms with E-state index in [1.807, 2.05) is 144 Å². The Labute approximate surface area is 457 Å². The summed E-state index contributed by atoms with van der Waals surface area (Å²) in [4.78, 5) is 75.6. The minimum Gasteiger partial charge on any atom is -0.445 e. The Balaban J connectivity index is 1.19. The lowest BCUT2D eigenvalue weighted by atomic mass is 9.89. The van der Waals surface area contributed by atoms with Crippen LogP contribution < -0.4 is 16.0 Å². The van der Waals surface area contributed by atoms with Gasteiger partial charge in [-0.15, -0.1) is 10.2 Å². The van der Waals surface area contributed by atoms with Crippen LogP contribution in [0.15, 0.2) is 95.4 Å². The van der Waals surface area contributed by atoms with Crippen LogP contribution in [0.1, 0.15) is 123 Å². The number of carbonyl (C=O) groups excluding carboxylic acids is 5. The number of hydrogen-bond acceptors (Lipinski definition) is 12. The molecular weight excluding hydrogens is 977 g/mol. The van der Waals surface area contributed by atoms with Gasteiger partial charge < -0.3 is 44.4 Å². The van der Waals surface area contributed by atoms with Crippen LogP contribution in [0.5, 0.6) is 0 Å². The summed E-state index contributed by atoms with van der Waals surface area (Å²) >= 11 is 0. The monoisotopic (exact) mass is 1060 g/mol. The molecule has 0 aliphatic carbocycles. The molecule has 0 spiro atoms. The third-order valence-corrected chi connectivity index (χ3v) is 15.1. The van der Waals surface area contributed by atoms with Gasteiger partial charge in [-0.3, -0.25) is 24.1 Å². The number of ether oxygens (including phenoxy) is 3. The van der Waals surface area contributed by atoms with Crippen molar-refractivity contribution in [2.45, 2.75) is 155 Å². The van der Waals surface area contributed by atoms with E-state index in [9.17, 15) is 24.0 Å². The van der Waals surface area contributed by atoms with Gasteiger partial charge in [0.2, 0.25) is 35.4 Å². The number of nitrogens with zero attached hydrogens (tertiary/aromatic N) is 5. The Hall–Kier alpha value is -6.17. The molecule has 1 aromatic heterocycles. The highest BCUT2D eigenvalue weighted by Gasteiger charge is 2.44. The van der Waals surface area contributed by atoms with Crippen molar-refractivity contribution in [3.8, 4) is 11.5 Å². The average molecular weight is 1070 g/mol. The molecule has 17 nitrogen and oxygen atoms in total. The van der Waals surface area contributed by atoms with Crippen LogP contribution >= 0.6 is 0 Å². The molecule has 1 saturated heterocycles. The second-order valence-electron chi connectivity index (χ2n) is 21.5. The second kappa shape index (κ2) is 31.3. The molecular formula is C60H88N8O9. The van der Waals surface area contributed by atoms with Gasteiger partial charge in [-0.25, -0.2) is 4.79 Å². The van der Waals surface area contributed by atoms with Crippen LogP contribution in [0.2, 0.25) is 0 Å². The van der Waals surface area contributed by atoms with Crippen molar-refractivity contribution in [3.05, 3.63) is 108 Å². The maximum absolute atomic E-state index is 14.7. The van der Waals surface area contributed by atoms with Crippen LogP contribution in [-0.4, -0.2) is 139 Å². The summed E-state index contributed by atoms with van der Waals surface area (Å²) in [5.74, 6) is -1.29. The highest BCUT2D eigenvalue weighted by molar-refractivity contribution is 5.90. The molecule has 77 heavy (non-hydrogen) atoms. The predicted molar refractivity (Wildman–Crippen MR) is 298 cm³/mol. The van der Waals surface area contributed by atoms with E-state index in [1.54, 1.807) is 26.2 Å². The Kier molecular flexibility index (Phi) is 25.1. The quantitative estimate of drug-likeness (QED) is 0.0406. The third kappa shape index (κ3) is 17.9. The Bertz CT molecular complexity index is 2410. The minimum atomic E-state index is -0.829. The van der Waals surface area contributed by atoms with Gasteiger partial charge >= 0.3 is 6.09 Å². The van der Waals surface area contributed by atoms with Crippen molar-refractivity contribution < 1.29 is 42.6 Å². The average Bonchev–Trinajstić information content (AvgIpc) is 4.13. The van der Waals surface area contributed by atoms with Crippen LogP contribution in [-0.2, 0) is 46.4 Å². The summed E-state index contributed by atoms with van der Waals surface area (Å²) in [7, 11) is 6.84. The number of carbonyl (C=O) groups is 5. The van der Waals surface area contributed by atoms with Gasteiger partial charge in [0.25, 0.3) is 0 Å². The topological polar surface area (TPSA) is 198 Å². The molecule has 9 atom stereocenters. The molecule has 3 aromatic carbocycles. The lowest BCUT2D eigenvalue weighted by Crippen LogP contribution is -2.60. The van der Waals surface area contributed by atoms with Crippen molar-refractivity contribution in [1.29, 1.82) is 0 Å². The van der Waals surface area contributed by atoms with Gasteiger partial charge in [0.05, 0.1) is 42.7 Å². The minimum absolute atomic E-state index is 0.00652. The summed E-state index contributed by atoms with van der Waals surface area (Å²) in [6.45, 7) is 15.7. The molecule has 422 valence electrons. The van der Waals surface area contributed by atoms with Crippen LogP contribution in [0.3, 0.4) is 0 Å². The van der Waals surface area contributed by atoms with E-state index in [0.29, 0.717) is 44.8 Å². The molecule has 5 rings (SSSR count). The molecule has 1 aliphatic heterocycles. The lowest BCUT2D eigenvalue weighted by molar-refractivity contribution is -0.148. The standard InChI is InChI=1S/C60H88N8O9/c1-12-42(6)53(67(9)59(72)51(40(2)3)63-56(71)52(41(4)5)66(8)35-25-14-13-24-34-61-60(73)76-39-45-29-20-16-21-30-45)49(74-10)38-50(69)68-36-26-33-48(68)54(75-11)43(7)55(70)62-47(37-44-27-18-15-19-28-44)58-65-64-57(77-58)46-31-22-17-23-32-46/h15-23,27-32,40-43,47-49,51-54H,12-14,24-26,33-39H2,1-11H3,(H,61,73)(H,62,70)(H,63,71)/t42?,43?,47?,48-,49?,51?,52?,53?,54?/m0/s1. The first-order valence-corrected chi connectivity index (χ1v) is 27.8. The number of likely N-dealkylation sites (N-methyl/N-ethyl adjacent to an activating group) is 2. The van der Waals surface area contributed by atoms with Gasteiger partial charge in [-0.1, -0.05) is 147 Å². The molecule has 17 heteroatoms. The fourth-order valence-electron chi connectivity index (χ4n) is 10.7. The van der Waals surface area contributed by atoms with E-state index < -0.39 is 54.4 Å². The summed E-state index contributed by atoms with van der Waals surface area (Å²) < 4.78 is 23.7. The summed E-state index contributed by atoms with van der Waals surface area (Å²) in [6.07, 6.45) is 4.24. The van der Waals surface area contributed by atoms with E-state index in [4.69, 9.17) is 18.6 Å². The smallest absolute Gasteiger partial charge is 0.407 e. The number of alkyl carbamates (subject to hydrolysis) is 1. The number of hydrogen-bond donors (Lipinski definition) is 3. The molecule has 1 aliphatic rings. The fraction of sp³-hybridized carbons (Fsp3) is 0.583. The molecule has 8 unspecified atom stereocenters. The molecule has 2 heterocycles. The molecule has 0 radical (unpaired) electrons. The fourth-order valence-corrected chi connectivity index (χ4v) is 10.7. The summed E-state index contributed by atoms with van der Waals surface area (Å²) in [6, 6.07) is 26.0. The van der Waals surface area contributed by atoms with Crippen molar-refractivity contribution in [1.82, 2.24) is 40.8 Å². The van der Waals surface area contributed by atoms with E-state index >= 15 is 0 Å². The van der Waals surface area contributed by atoms with Crippen molar-refractivity contribution in [2.75, 3.05) is 47.9 Å². The van der Waals surface area contributed by atoms with Crippen molar-refractivity contribution in [3.63, 3.8) is 0 Å². The highest BCUT2D eigenvalue weighted by atomic mass is 16.5. The zero-order chi connectivity index (χ0) is 56.0. The van der Waals surface area contributed by atoms with Crippen LogP contribution in [0, 0.1) is 23.7 Å². The third-order valence-electron chi connectivity index (χ3n) is 15.1. The van der Waals surface area contributed by atoms with E-state index in [1.165, 1.54) is 0 Å². The maximum Gasteiger partial charge on any atom is 0.407 e. The summed E-state index contributed by atoms with van der Waals surface area (Å²) in [5.41, 5.74) is 2.68. The van der Waals surface area contributed by atoms with Gasteiger partial charge in [0.1, 0.15) is 18.7 Å². The van der Waals surface area contributed by atoms with Crippen LogP contribution in [0.25, 0.3) is 11.5 Å². The first-order valence-electron chi connectivity index (χ1n) is 27.8. The second-order valence-corrected chi connectivity index (χ2v) is 21.5. The van der Waals surface area contributed by atoms with Crippen molar-refractivity contribution >= 4 is 29.7 Å². The summed E-state index contributed by atoms with van der Waals surface area (Å²) in [5, 5.41) is 17.8. The number of amides is 5. The highest BCUT2D eigenvalue weighted by Crippen LogP contribution is 2.31. The van der Waals surface area contributed by atoms with Crippen LogP contribution in [0.4, 0.5) is 4.79 Å². The zero-order valence-electron chi connectivity index (χ0n) is 47.6. The molecule has 4 aromatic rings. The van der Waals surface area contributed by atoms with E-state index in [0.717, 1.165) is 48.8 Å². The number of nitrogens with one attached hydrogen (secondary N) is 3. The first-order chi connectivity index (χ1) is 37.0.